The third-order valence-electron chi connectivity index (χ3n) is 4.91. The Hall–Kier alpha value is -2.58. The SMILES string of the molecule is N=C1CN(C(=O)c2ccc(F)cc2OC2CCNC2)CC1c1ncc(Cl)cn1. The van der Waals surface area contributed by atoms with Crippen molar-refractivity contribution in [2.75, 3.05) is 26.2 Å². The van der Waals surface area contributed by atoms with Crippen molar-refractivity contribution in [2.45, 2.75) is 18.4 Å². The second kappa shape index (κ2) is 7.81. The summed E-state index contributed by atoms with van der Waals surface area (Å²) in [6.07, 6.45) is 3.65. The van der Waals surface area contributed by atoms with E-state index in [0.717, 1.165) is 13.0 Å². The molecule has 0 saturated carbocycles. The lowest BCUT2D eigenvalue weighted by Gasteiger charge is -2.20. The number of hydrogen-bond donors (Lipinski definition) is 2. The van der Waals surface area contributed by atoms with Gasteiger partial charge in [-0.25, -0.2) is 14.4 Å². The molecular weight excluding hydrogens is 385 g/mol. The summed E-state index contributed by atoms with van der Waals surface area (Å²) in [4.78, 5) is 23.0. The van der Waals surface area contributed by atoms with Gasteiger partial charge >= 0.3 is 0 Å². The molecule has 7 nitrogen and oxygen atoms in total. The van der Waals surface area contributed by atoms with Crippen LogP contribution in [-0.4, -0.2) is 58.8 Å². The predicted molar refractivity (Wildman–Crippen MR) is 102 cm³/mol. The topological polar surface area (TPSA) is 91.2 Å². The Morgan fingerprint density at radius 2 is 2.14 bits per heavy atom. The molecule has 2 saturated heterocycles. The van der Waals surface area contributed by atoms with Crippen LogP contribution in [0.5, 0.6) is 5.75 Å². The highest BCUT2D eigenvalue weighted by atomic mass is 35.5. The summed E-state index contributed by atoms with van der Waals surface area (Å²) >= 11 is 5.82. The zero-order valence-corrected chi connectivity index (χ0v) is 15.7. The Morgan fingerprint density at radius 3 is 2.86 bits per heavy atom. The summed E-state index contributed by atoms with van der Waals surface area (Å²) in [5, 5.41) is 11.8. The van der Waals surface area contributed by atoms with Crippen LogP contribution in [0.25, 0.3) is 0 Å². The maximum Gasteiger partial charge on any atom is 0.257 e. The van der Waals surface area contributed by atoms with Gasteiger partial charge in [0, 0.05) is 37.3 Å². The van der Waals surface area contributed by atoms with Gasteiger partial charge in [0.2, 0.25) is 0 Å². The van der Waals surface area contributed by atoms with Crippen LogP contribution in [0.2, 0.25) is 5.02 Å². The number of halogens is 2. The number of amides is 1. The summed E-state index contributed by atoms with van der Waals surface area (Å²) in [6, 6.07) is 3.92. The number of benzene rings is 1. The highest BCUT2D eigenvalue weighted by Gasteiger charge is 2.35. The molecular formula is C19H19ClFN5O2. The van der Waals surface area contributed by atoms with E-state index in [0.29, 0.717) is 28.7 Å². The smallest absolute Gasteiger partial charge is 0.257 e. The van der Waals surface area contributed by atoms with Gasteiger partial charge in [-0.15, -0.1) is 0 Å². The number of likely N-dealkylation sites (tertiary alicyclic amines) is 1. The van der Waals surface area contributed by atoms with Crippen molar-refractivity contribution in [1.29, 1.82) is 5.41 Å². The zero-order chi connectivity index (χ0) is 19.7. The van der Waals surface area contributed by atoms with Gasteiger partial charge in [-0.05, 0) is 25.1 Å². The summed E-state index contributed by atoms with van der Waals surface area (Å²) in [5.74, 6) is -0.458. The molecule has 2 aliphatic heterocycles. The molecule has 2 unspecified atom stereocenters. The minimum absolute atomic E-state index is 0.0968. The molecule has 2 aliphatic rings. The van der Waals surface area contributed by atoms with Gasteiger partial charge in [-0.1, -0.05) is 11.6 Å². The van der Waals surface area contributed by atoms with E-state index in [1.165, 1.54) is 35.5 Å². The molecule has 1 amide bonds. The molecule has 2 aromatic rings. The summed E-state index contributed by atoms with van der Waals surface area (Å²) in [6.45, 7) is 1.93. The number of rotatable bonds is 4. The van der Waals surface area contributed by atoms with Crippen molar-refractivity contribution in [3.63, 3.8) is 0 Å². The molecule has 9 heteroatoms. The van der Waals surface area contributed by atoms with Crippen molar-refractivity contribution in [3.05, 3.63) is 52.8 Å². The van der Waals surface area contributed by atoms with Crippen LogP contribution in [0.1, 0.15) is 28.5 Å². The van der Waals surface area contributed by atoms with Crippen LogP contribution in [0.4, 0.5) is 4.39 Å². The summed E-state index contributed by atoms with van der Waals surface area (Å²) in [5.41, 5.74) is 0.638. The van der Waals surface area contributed by atoms with Crippen LogP contribution in [-0.2, 0) is 0 Å². The third-order valence-corrected chi connectivity index (χ3v) is 5.10. The lowest BCUT2D eigenvalue weighted by atomic mass is 10.1. The Labute approximate surface area is 166 Å². The van der Waals surface area contributed by atoms with E-state index in [1.807, 2.05) is 0 Å². The van der Waals surface area contributed by atoms with Gasteiger partial charge in [0.05, 0.1) is 23.0 Å². The van der Waals surface area contributed by atoms with Crippen LogP contribution < -0.4 is 10.1 Å². The fourth-order valence-electron chi connectivity index (χ4n) is 3.45. The maximum absolute atomic E-state index is 13.8. The molecule has 1 aromatic carbocycles. The van der Waals surface area contributed by atoms with E-state index >= 15 is 0 Å². The Morgan fingerprint density at radius 1 is 1.36 bits per heavy atom. The van der Waals surface area contributed by atoms with E-state index in [4.69, 9.17) is 21.7 Å². The maximum atomic E-state index is 13.8. The standard InChI is InChI=1S/C19H19ClFN5O2/c20-11-6-24-18(25-7-11)15-9-26(10-16(15)22)19(27)14-2-1-12(21)5-17(14)28-13-3-4-23-8-13/h1-2,5-7,13,15,22-23H,3-4,8-10H2. The van der Waals surface area contributed by atoms with Crippen LogP contribution >= 0.6 is 11.6 Å². The van der Waals surface area contributed by atoms with Crippen molar-refractivity contribution in [2.24, 2.45) is 0 Å². The first-order valence-corrected chi connectivity index (χ1v) is 9.40. The number of hydrogen-bond acceptors (Lipinski definition) is 6. The molecule has 4 rings (SSSR count). The third kappa shape index (κ3) is 3.83. The highest BCUT2D eigenvalue weighted by Crippen LogP contribution is 2.28. The normalized spacial score (nSPS) is 21.9. The van der Waals surface area contributed by atoms with Gasteiger partial charge in [0.25, 0.3) is 5.91 Å². The summed E-state index contributed by atoms with van der Waals surface area (Å²) < 4.78 is 19.6. The lowest BCUT2D eigenvalue weighted by molar-refractivity contribution is 0.0788. The second-order valence-electron chi connectivity index (χ2n) is 6.90. The van der Waals surface area contributed by atoms with Gasteiger partial charge in [0.15, 0.2) is 0 Å². The van der Waals surface area contributed by atoms with Gasteiger partial charge < -0.3 is 20.4 Å². The van der Waals surface area contributed by atoms with E-state index in [-0.39, 0.29) is 36.8 Å². The number of ether oxygens (including phenoxy) is 1. The van der Waals surface area contributed by atoms with E-state index in [1.54, 1.807) is 0 Å². The fourth-order valence-corrected chi connectivity index (χ4v) is 3.55. The van der Waals surface area contributed by atoms with Crippen LogP contribution in [0, 0.1) is 11.2 Å². The van der Waals surface area contributed by atoms with E-state index in [2.05, 4.69) is 15.3 Å². The average molecular weight is 404 g/mol. The number of aromatic nitrogens is 2. The molecule has 0 radical (unpaired) electrons. The van der Waals surface area contributed by atoms with Gasteiger partial charge in [0.1, 0.15) is 23.5 Å². The molecule has 146 valence electrons. The summed E-state index contributed by atoms with van der Waals surface area (Å²) in [7, 11) is 0. The van der Waals surface area contributed by atoms with Crippen molar-refractivity contribution in [3.8, 4) is 5.75 Å². The van der Waals surface area contributed by atoms with Gasteiger partial charge in [-0.2, -0.15) is 0 Å². The van der Waals surface area contributed by atoms with Crippen molar-refractivity contribution < 1.29 is 13.9 Å². The quantitative estimate of drug-likeness (QED) is 0.817. The minimum Gasteiger partial charge on any atom is -0.488 e. The first-order valence-electron chi connectivity index (χ1n) is 9.02. The molecule has 0 aliphatic carbocycles. The zero-order valence-electron chi connectivity index (χ0n) is 15.0. The monoisotopic (exact) mass is 403 g/mol. The molecule has 3 heterocycles. The average Bonchev–Trinajstić information content (AvgIpc) is 3.32. The number of carbonyl (C=O) groups is 1. The van der Waals surface area contributed by atoms with E-state index in [9.17, 15) is 9.18 Å². The molecule has 1 aromatic heterocycles. The fraction of sp³-hybridized carbons (Fsp3) is 0.368. The molecule has 2 atom stereocenters. The molecule has 2 fully saturated rings. The van der Waals surface area contributed by atoms with Crippen LogP contribution in [0.15, 0.2) is 30.6 Å². The molecule has 2 N–H and O–H groups in total. The van der Waals surface area contributed by atoms with Gasteiger partial charge in [-0.3, -0.25) is 4.79 Å². The second-order valence-corrected chi connectivity index (χ2v) is 7.33. The van der Waals surface area contributed by atoms with Crippen molar-refractivity contribution >= 4 is 23.2 Å². The minimum atomic E-state index is -0.459. The molecule has 0 bridgehead atoms. The Kier molecular flexibility index (Phi) is 5.23. The largest absolute Gasteiger partial charge is 0.488 e. The number of carbonyl (C=O) groups excluding carboxylic acids is 1. The van der Waals surface area contributed by atoms with Crippen molar-refractivity contribution in [1.82, 2.24) is 20.2 Å². The first kappa shape index (κ1) is 18.8. The predicted octanol–water partition coefficient (Wildman–Crippen LogP) is 2.27. The Bertz CT molecular complexity index is 902. The number of nitrogens with one attached hydrogen (secondary N) is 2. The highest BCUT2D eigenvalue weighted by molar-refractivity contribution is 6.30. The lowest BCUT2D eigenvalue weighted by Crippen LogP contribution is -2.30. The molecule has 28 heavy (non-hydrogen) atoms. The van der Waals surface area contributed by atoms with Crippen LogP contribution in [0.3, 0.4) is 0 Å². The Balaban J connectivity index is 1.54. The van der Waals surface area contributed by atoms with E-state index < -0.39 is 5.82 Å². The molecule has 0 spiro atoms. The first-order chi connectivity index (χ1) is 13.5. The number of nitrogens with zero attached hydrogens (tertiary/aromatic N) is 3.